The minimum absolute atomic E-state index is 0.262. The van der Waals surface area contributed by atoms with Gasteiger partial charge in [-0.25, -0.2) is 0 Å². The summed E-state index contributed by atoms with van der Waals surface area (Å²) in [6.07, 6.45) is 1.64. The highest BCUT2D eigenvalue weighted by molar-refractivity contribution is 9.10. The van der Waals surface area contributed by atoms with E-state index in [0.29, 0.717) is 10.5 Å². The second kappa shape index (κ2) is 6.41. The summed E-state index contributed by atoms with van der Waals surface area (Å²) in [4.78, 5) is 36.7. The summed E-state index contributed by atoms with van der Waals surface area (Å²) in [5, 5.41) is 10.9. The van der Waals surface area contributed by atoms with Crippen LogP contribution in [-0.4, -0.2) is 29.2 Å². The highest BCUT2D eigenvalue weighted by Gasteiger charge is 2.34. The first-order valence-electron chi connectivity index (χ1n) is 7.10. The molecule has 0 unspecified atom stereocenters. The van der Waals surface area contributed by atoms with Crippen molar-refractivity contribution in [3.8, 4) is 0 Å². The number of aliphatic carboxylic acids is 1. The molecule has 1 heterocycles. The monoisotopic (exact) mass is 384 g/mol. The molecule has 6 heteroatoms. The molecule has 0 N–H and O–H groups in total. The summed E-state index contributed by atoms with van der Waals surface area (Å²) in [7, 11) is 0. The molecule has 5 nitrogen and oxygen atoms in total. The Kier molecular flexibility index (Phi) is 4.31. The molecule has 0 saturated heterocycles. The van der Waals surface area contributed by atoms with Crippen molar-refractivity contribution < 1.29 is 19.5 Å². The Labute approximate surface area is 146 Å². The van der Waals surface area contributed by atoms with E-state index in [-0.39, 0.29) is 11.1 Å². The molecular formula is C18H11BrNO4-. The van der Waals surface area contributed by atoms with Crippen molar-refractivity contribution in [1.29, 1.82) is 0 Å². The molecular weight excluding hydrogens is 374 g/mol. The van der Waals surface area contributed by atoms with E-state index in [4.69, 9.17) is 0 Å². The maximum atomic E-state index is 12.7. The first-order valence-corrected chi connectivity index (χ1v) is 7.90. The number of carboxylic acids is 1. The van der Waals surface area contributed by atoms with E-state index in [1.165, 1.54) is 0 Å². The van der Waals surface area contributed by atoms with Gasteiger partial charge in [-0.1, -0.05) is 52.3 Å². The maximum Gasteiger partial charge on any atom is 0.261 e. The normalized spacial score (nSPS) is 15.5. The molecule has 3 rings (SSSR count). The minimum Gasteiger partial charge on any atom is -0.548 e. The topological polar surface area (TPSA) is 77.5 Å². The van der Waals surface area contributed by atoms with E-state index in [9.17, 15) is 19.5 Å². The molecule has 0 bridgehead atoms. The van der Waals surface area contributed by atoms with Crippen LogP contribution in [0.3, 0.4) is 0 Å². The van der Waals surface area contributed by atoms with Gasteiger partial charge in [-0.05, 0) is 29.3 Å². The number of fused-ring (bicyclic) bond motifs is 1. The largest absolute Gasteiger partial charge is 0.548 e. The van der Waals surface area contributed by atoms with Crippen molar-refractivity contribution in [1.82, 2.24) is 4.90 Å². The first kappa shape index (κ1) is 16.1. The number of hydrogen-bond donors (Lipinski definition) is 0. The lowest BCUT2D eigenvalue weighted by molar-refractivity contribution is -0.305. The highest BCUT2D eigenvalue weighted by Crippen LogP contribution is 2.31. The van der Waals surface area contributed by atoms with E-state index in [1.807, 2.05) is 24.3 Å². The van der Waals surface area contributed by atoms with Crippen LogP contribution in [0.4, 0.5) is 0 Å². The number of nitrogens with zero attached hydrogens (tertiary/aromatic N) is 1. The predicted molar refractivity (Wildman–Crippen MR) is 89.5 cm³/mol. The smallest absolute Gasteiger partial charge is 0.261 e. The van der Waals surface area contributed by atoms with Crippen LogP contribution in [0.2, 0.25) is 0 Å². The van der Waals surface area contributed by atoms with Crippen molar-refractivity contribution in [2.75, 3.05) is 6.54 Å². The molecule has 24 heavy (non-hydrogen) atoms. The van der Waals surface area contributed by atoms with Gasteiger partial charge >= 0.3 is 0 Å². The number of hydrogen-bond acceptors (Lipinski definition) is 4. The van der Waals surface area contributed by atoms with Crippen LogP contribution in [0.25, 0.3) is 11.6 Å². The molecule has 0 fully saturated rings. The zero-order valence-electron chi connectivity index (χ0n) is 12.4. The van der Waals surface area contributed by atoms with E-state index in [0.717, 1.165) is 10.0 Å². The van der Waals surface area contributed by atoms with Crippen LogP contribution in [0, 0.1) is 0 Å². The summed E-state index contributed by atoms with van der Waals surface area (Å²) < 4.78 is 0.783. The van der Waals surface area contributed by atoms with Gasteiger partial charge in [-0.3, -0.25) is 14.5 Å². The van der Waals surface area contributed by atoms with Gasteiger partial charge in [-0.15, -0.1) is 0 Å². The molecule has 0 atom stereocenters. The molecule has 2 aromatic carbocycles. The highest BCUT2D eigenvalue weighted by atomic mass is 79.9. The Hall–Kier alpha value is -2.73. The lowest BCUT2D eigenvalue weighted by Crippen LogP contribution is -2.47. The van der Waals surface area contributed by atoms with Gasteiger partial charge in [0.05, 0.1) is 12.5 Å². The van der Waals surface area contributed by atoms with Gasteiger partial charge in [0.25, 0.3) is 11.8 Å². The zero-order chi connectivity index (χ0) is 17.3. The van der Waals surface area contributed by atoms with E-state index in [1.54, 1.807) is 30.3 Å². The lowest BCUT2D eigenvalue weighted by Gasteiger charge is -2.28. The molecule has 1 aliphatic rings. The van der Waals surface area contributed by atoms with Gasteiger partial charge in [0, 0.05) is 15.6 Å². The van der Waals surface area contributed by atoms with Gasteiger partial charge < -0.3 is 9.90 Å². The van der Waals surface area contributed by atoms with Gasteiger partial charge in [0.1, 0.15) is 0 Å². The maximum absolute atomic E-state index is 12.7. The molecule has 2 amide bonds. The molecule has 2 aromatic rings. The van der Waals surface area contributed by atoms with Crippen molar-refractivity contribution >= 4 is 45.4 Å². The summed E-state index contributed by atoms with van der Waals surface area (Å²) in [6.45, 7) is -0.778. The molecule has 0 aliphatic carbocycles. The van der Waals surface area contributed by atoms with Crippen molar-refractivity contribution in [3.63, 3.8) is 0 Å². The third kappa shape index (κ3) is 2.88. The Bertz CT molecular complexity index is 888. The van der Waals surface area contributed by atoms with Gasteiger partial charge in [-0.2, -0.15) is 0 Å². The standard InChI is InChI=1S/C18H12BrNO4/c19-15-8-4-1-5-11(15)9-14-12-6-2-3-7-13(12)17(23)20(18(14)24)10-16(21)22/h1-9H,10H2,(H,21,22)/p-1/b14-9-. The summed E-state index contributed by atoms with van der Waals surface area (Å²) >= 11 is 3.41. The van der Waals surface area contributed by atoms with Crippen LogP contribution in [0.5, 0.6) is 0 Å². The van der Waals surface area contributed by atoms with Gasteiger partial charge in [0.15, 0.2) is 0 Å². The Morgan fingerprint density at radius 1 is 1.00 bits per heavy atom. The third-order valence-corrected chi connectivity index (χ3v) is 4.38. The molecule has 0 radical (unpaired) electrons. The number of carbonyl (C=O) groups is 3. The lowest BCUT2D eigenvalue weighted by atomic mass is 9.92. The fraction of sp³-hybridized carbons (Fsp3) is 0.0556. The average molecular weight is 385 g/mol. The number of rotatable bonds is 3. The van der Waals surface area contributed by atoms with E-state index in [2.05, 4.69) is 15.9 Å². The van der Waals surface area contributed by atoms with Crippen molar-refractivity contribution in [3.05, 3.63) is 69.7 Å². The second-order valence-electron chi connectivity index (χ2n) is 5.19. The van der Waals surface area contributed by atoms with Crippen molar-refractivity contribution in [2.45, 2.75) is 0 Å². The first-order chi connectivity index (χ1) is 11.5. The van der Waals surface area contributed by atoms with Crippen molar-refractivity contribution in [2.24, 2.45) is 0 Å². The number of amides is 2. The van der Waals surface area contributed by atoms with Gasteiger partial charge in [0.2, 0.25) is 0 Å². The van der Waals surface area contributed by atoms with Crippen LogP contribution >= 0.6 is 15.9 Å². The number of halogens is 1. The Morgan fingerprint density at radius 3 is 2.29 bits per heavy atom. The van der Waals surface area contributed by atoms with E-state index < -0.39 is 24.3 Å². The van der Waals surface area contributed by atoms with Crippen LogP contribution in [0.15, 0.2) is 53.0 Å². The quantitative estimate of drug-likeness (QED) is 0.596. The third-order valence-electron chi connectivity index (χ3n) is 3.66. The number of carboxylic acid groups (broad SMARTS) is 1. The average Bonchev–Trinajstić information content (AvgIpc) is 2.57. The summed E-state index contributed by atoms with van der Waals surface area (Å²) in [6, 6.07) is 13.9. The molecule has 0 spiro atoms. The molecule has 1 aliphatic heterocycles. The molecule has 0 aromatic heterocycles. The summed E-state index contributed by atoms with van der Waals surface area (Å²) in [5.41, 5.74) is 1.78. The van der Waals surface area contributed by atoms with Crippen LogP contribution in [-0.2, 0) is 9.59 Å². The molecule has 0 saturated carbocycles. The number of imide groups is 1. The van der Waals surface area contributed by atoms with Crippen LogP contribution < -0.4 is 5.11 Å². The SMILES string of the molecule is O=C([O-])CN1C(=O)/C(=C\c2ccccc2Br)c2ccccc2C1=O. The number of benzene rings is 2. The number of carbonyl (C=O) groups excluding carboxylic acids is 3. The Morgan fingerprint density at radius 2 is 1.62 bits per heavy atom. The minimum atomic E-state index is -1.49. The Balaban J connectivity index is 2.18. The fourth-order valence-electron chi connectivity index (χ4n) is 2.56. The van der Waals surface area contributed by atoms with Crippen LogP contribution in [0.1, 0.15) is 21.5 Å². The van der Waals surface area contributed by atoms with E-state index >= 15 is 0 Å². The zero-order valence-corrected chi connectivity index (χ0v) is 13.9. The summed E-state index contributed by atoms with van der Waals surface area (Å²) in [5.74, 6) is -2.78. The second-order valence-corrected chi connectivity index (χ2v) is 6.05. The fourth-order valence-corrected chi connectivity index (χ4v) is 2.96. The predicted octanol–water partition coefficient (Wildman–Crippen LogP) is 1.72. The molecule has 120 valence electrons.